The molecule has 1 aromatic carbocycles. The first kappa shape index (κ1) is 20.5. The third kappa shape index (κ3) is 3.47. The highest BCUT2D eigenvalue weighted by Crippen LogP contribution is 2.34. The number of benzene rings is 1. The van der Waals surface area contributed by atoms with Crippen LogP contribution in [0.25, 0.3) is 0 Å². The van der Waals surface area contributed by atoms with Gasteiger partial charge in [0.05, 0.1) is 0 Å². The van der Waals surface area contributed by atoms with E-state index >= 15 is 0 Å². The molecular weight excluding hydrogens is 386 g/mol. The van der Waals surface area contributed by atoms with E-state index in [1.807, 2.05) is 0 Å². The van der Waals surface area contributed by atoms with Crippen LogP contribution in [0.5, 0.6) is 0 Å². The van der Waals surface area contributed by atoms with Crippen LogP contribution in [-0.2, 0) is 14.9 Å². The number of urea groups is 2. The summed E-state index contributed by atoms with van der Waals surface area (Å²) < 4.78 is 5.56. The highest BCUT2D eigenvalue weighted by Gasteiger charge is 2.52. The maximum Gasteiger partial charge on any atom is 0.323 e. The molecule has 3 heterocycles. The number of hydrogen-bond donors (Lipinski definition) is 2. The molecule has 9 nitrogen and oxygen atoms in total. The zero-order chi connectivity index (χ0) is 21.5. The molecule has 0 spiro atoms. The fraction of sp³-hybridized carbons (Fsp3) is 0.571. The van der Waals surface area contributed by atoms with E-state index in [1.54, 1.807) is 14.1 Å². The van der Waals surface area contributed by atoms with Crippen LogP contribution in [0.1, 0.15) is 24.0 Å². The van der Waals surface area contributed by atoms with Gasteiger partial charge in [0.2, 0.25) is 5.91 Å². The smallest absolute Gasteiger partial charge is 0.323 e. The number of aryl methyl sites for hydroxylation is 1. The summed E-state index contributed by atoms with van der Waals surface area (Å²) in [7, 11) is 3.28. The van der Waals surface area contributed by atoms with Crippen LogP contribution in [0.15, 0.2) is 24.3 Å². The second-order valence-corrected chi connectivity index (χ2v) is 8.48. The molecule has 9 heteroatoms. The molecule has 0 aromatic heterocycles. The molecule has 162 valence electrons. The molecule has 3 aliphatic heterocycles. The average Bonchev–Trinajstić information content (AvgIpc) is 3.17. The van der Waals surface area contributed by atoms with Gasteiger partial charge in [-0.05, 0) is 25.3 Å². The molecule has 1 aromatic rings. The predicted molar refractivity (Wildman–Crippen MR) is 110 cm³/mol. The number of nitrogens with zero attached hydrogens (tertiary/aromatic N) is 3. The monoisotopic (exact) mass is 415 g/mol. The van der Waals surface area contributed by atoms with Crippen molar-refractivity contribution in [1.82, 2.24) is 25.3 Å². The predicted octanol–water partition coefficient (Wildman–Crippen LogP) is 0.834. The molecular formula is C21H29N5O4. The Hall–Kier alpha value is -2.81. The van der Waals surface area contributed by atoms with Crippen molar-refractivity contribution in [3.8, 4) is 0 Å². The van der Waals surface area contributed by atoms with Crippen LogP contribution in [-0.4, -0.2) is 85.4 Å². The molecule has 0 aliphatic carbocycles. The molecule has 3 saturated heterocycles. The van der Waals surface area contributed by atoms with Crippen molar-refractivity contribution in [3.63, 3.8) is 0 Å². The highest BCUT2D eigenvalue weighted by molar-refractivity contribution is 5.88. The Kier molecular flexibility index (Phi) is 5.31. The van der Waals surface area contributed by atoms with Crippen LogP contribution in [0.2, 0.25) is 0 Å². The number of amides is 5. The Balaban J connectivity index is 1.43. The number of nitrogens with one attached hydrogen (secondary N) is 2. The molecule has 5 amide bonds. The number of rotatable bonds is 5. The Bertz CT molecular complexity index is 836. The summed E-state index contributed by atoms with van der Waals surface area (Å²) in [5.41, 5.74) is 2.20. The van der Waals surface area contributed by atoms with Gasteiger partial charge in [-0.1, -0.05) is 29.8 Å². The minimum atomic E-state index is -0.491. The van der Waals surface area contributed by atoms with Crippen molar-refractivity contribution >= 4 is 18.0 Å². The van der Waals surface area contributed by atoms with Gasteiger partial charge in [0.25, 0.3) is 0 Å². The number of fused-ring (bicyclic) bond motifs is 1. The zero-order valence-corrected chi connectivity index (χ0v) is 17.7. The first-order valence-corrected chi connectivity index (χ1v) is 10.3. The molecule has 0 saturated carbocycles. The van der Waals surface area contributed by atoms with E-state index < -0.39 is 12.3 Å². The van der Waals surface area contributed by atoms with Crippen molar-refractivity contribution in [2.24, 2.45) is 0 Å². The summed E-state index contributed by atoms with van der Waals surface area (Å²) in [4.78, 5) is 41.8. The Morgan fingerprint density at radius 3 is 2.50 bits per heavy atom. The summed E-state index contributed by atoms with van der Waals surface area (Å²) in [6.45, 7) is 3.75. The van der Waals surface area contributed by atoms with Gasteiger partial charge in [-0.2, -0.15) is 0 Å². The van der Waals surface area contributed by atoms with Gasteiger partial charge < -0.3 is 25.2 Å². The second kappa shape index (κ2) is 7.79. The quantitative estimate of drug-likeness (QED) is 0.745. The van der Waals surface area contributed by atoms with Crippen LogP contribution in [0.4, 0.5) is 9.59 Å². The third-order valence-electron chi connectivity index (χ3n) is 6.60. The molecule has 4 rings (SSSR count). The summed E-state index contributed by atoms with van der Waals surface area (Å²) in [6.07, 6.45) is 0.715. The first-order chi connectivity index (χ1) is 14.3. The normalized spacial score (nSPS) is 25.4. The Morgan fingerprint density at radius 1 is 1.17 bits per heavy atom. The average molecular weight is 415 g/mol. The van der Waals surface area contributed by atoms with Gasteiger partial charge in [0.1, 0.15) is 18.9 Å². The Morgan fingerprint density at radius 2 is 1.83 bits per heavy atom. The largest absolute Gasteiger partial charge is 0.381 e. The minimum absolute atomic E-state index is 0.0983. The highest BCUT2D eigenvalue weighted by atomic mass is 16.5. The number of ether oxygens (including phenoxy) is 1. The summed E-state index contributed by atoms with van der Waals surface area (Å²) >= 11 is 0. The molecule has 3 aliphatic rings. The maximum atomic E-state index is 12.8. The van der Waals surface area contributed by atoms with Crippen molar-refractivity contribution < 1.29 is 19.1 Å². The molecule has 3 fully saturated rings. The van der Waals surface area contributed by atoms with Gasteiger partial charge in [-0.15, -0.1) is 0 Å². The van der Waals surface area contributed by atoms with Crippen LogP contribution in [0.3, 0.4) is 0 Å². The first-order valence-electron chi connectivity index (χ1n) is 10.3. The summed E-state index contributed by atoms with van der Waals surface area (Å²) in [5, 5.41) is 5.82. The molecule has 0 unspecified atom stereocenters. The minimum Gasteiger partial charge on any atom is -0.381 e. The van der Waals surface area contributed by atoms with Crippen LogP contribution < -0.4 is 10.6 Å². The van der Waals surface area contributed by atoms with Gasteiger partial charge >= 0.3 is 12.1 Å². The fourth-order valence-electron chi connectivity index (χ4n) is 4.65. The van der Waals surface area contributed by atoms with E-state index in [0.717, 1.165) is 12.8 Å². The fourth-order valence-corrected chi connectivity index (χ4v) is 4.65. The lowest BCUT2D eigenvalue weighted by atomic mass is 9.74. The lowest BCUT2D eigenvalue weighted by Gasteiger charge is -2.38. The third-order valence-corrected chi connectivity index (χ3v) is 6.60. The number of carbonyl (C=O) groups excluding carboxylic acids is 3. The van der Waals surface area contributed by atoms with E-state index in [9.17, 15) is 14.4 Å². The number of carbonyl (C=O) groups is 3. The van der Waals surface area contributed by atoms with E-state index in [-0.39, 0.29) is 29.9 Å². The van der Waals surface area contributed by atoms with Crippen LogP contribution >= 0.6 is 0 Å². The molecule has 0 bridgehead atoms. The van der Waals surface area contributed by atoms with E-state index in [2.05, 4.69) is 41.8 Å². The van der Waals surface area contributed by atoms with Gasteiger partial charge in [0, 0.05) is 39.3 Å². The van der Waals surface area contributed by atoms with Crippen molar-refractivity contribution in [2.75, 3.05) is 40.4 Å². The lowest BCUT2D eigenvalue weighted by Crippen LogP contribution is -2.51. The van der Waals surface area contributed by atoms with Gasteiger partial charge in [-0.3, -0.25) is 9.69 Å². The molecule has 30 heavy (non-hydrogen) atoms. The van der Waals surface area contributed by atoms with Gasteiger partial charge in [0.15, 0.2) is 0 Å². The van der Waals surface area contributed by atoms with E-state index in [0.29, 0.717) is 19.8 Å². The van der Waals surface area contributed by atoms with Crippen molar-refractivity contribution in [2.45, 2.75) is 37.5 Å². The SMILES string of the molecule is Cc1ccc(C2(CNC(=O)CN3C(=O)N[C@H]4[C@@H]3N(C)C(=O)N4C)CCOCC2)cc1. The van der Waals surface area contributed by atoms with E-state index in [1.165, 1.54) is 25.8 Å². The summed E-state index contributed by atoms with van der Waals surface area (Å²) in [6, 6.07) is 7.90. The number of hydrogen-bond acceptors (Lipinski definition) is 4. The molecule has 2 N–H and O–H groups in total. The Labute approximate surface area is 176 Å². The summed E-state index contributed by atoms with van der Waals surface area (Å²) in [5.74, 6) is -0.237. The topological polar surface area (TPSA) is 94.2 Å². The molecule has 2 atom stereocenters. The van der Waals surface area contributed by atoms with E-state index in [4.69, 9.17) is 4.74 Å². The zero-order valence-electron chi connectivity index (χ0n) is 17.7. The standard InChI is InChI=1S/C21H29N5O4/c1-14-4-6-15(7-5-14)21(8-10-30-11-9-21)13-22-16(27)12-26-18-17(23-19(26)28)24(2)20(29)25(18)3/h4-7,17-18H,8-13H2,1-3H3,(H,22,27)(H,23,28)/t17-,18-/m1/s1. The van der Waals surface area contributed by atoms with Crippen LogP contribution in [0, 0.1) is 6.92 Å². The van der Waals surface area contributed by atoms with Gasteiger partial charge in [-0.25, -0.2) is 9.59 Å². The van der Waals surface area contributed by atoms with Crippen molar-refractivity contribution in [1.29, 1.82) is 0 Å². The maximum absolute atomic E-state index is 12.8. The lowest BCUT2D eigenvalue weighted by molar-refractivity contribution is -0.122. The second-order valence-electron chi connectivity index (χ2n) is 8.48. The molecule has 0 radical (unpaired) electrons. The number of likely N-dealkylation sites (N-methyl/N-ethyl adjacent to an activating group) is 2. The van der Waals surface area contributed by atoms with Crippen molar-refractivity contribution in [3.05, 3.63) is 35.4 Å².